The van der Waals surface area contributed by atoms with Gasteiger partial charge in [0.25, 0.3) is 0 Å². The first kappa shape index (κ1) is 13.2. The normalized spacial score (nSPS) is 20.4. The van der Waals surface area contributed by atoms with Crippen molar-refractivity contribution in [1.82, 2.24) is 4.90 Å². The van der Waals surface area contributed by atoms with Gasteiger partial charge in [-0.3, -0.25) is 4.90 Å². The molecule has 0 bridgehead atoms. The van der Waals surface area contributed by atoms with Gasteiger partial charge in [0, 0.05) is 12.1 Å². The minimum atomic E-state index is 0.413. The summed E-state index contributed by atoms with van der Waals surface area (Å²) in [6, 6.07) is 6.99. The lowest BCUT2D eigenvalue weighted by molar-refractivity contribution is 0.198. The Morgan fingerprint density at radius 2 is 1.78 bits per heavy atom. The molecule has 1 aliphatic rings. The summed E-state index contributed by atoms with van der Waals surface area (Å²) < 4.78 is 11.0. The molecule has 1 saturated heterocycles. The summed E-state index contributed by atoms with van der Waals surface area (Å²) in [4.78, 5) is 2.53. The molecule has 0 aromatic heterocycles. The number of ether oxygens (including phenoxy) is 2. The highest BCUT2D eigenvalue weighted by molar-refractivity contribution is 5.47. The van der Waals surface area contributed by atoms with Gasteiger partial charge in [0.15, 0.2) is 0 Å². The molecule has 1 aliphatic heterocycles. The molecule has 0 amide bonds. The Morgan fingerprint density at radius 3 is 2.28 bits per heavy atom. The van der Waals surface area contributed by atoms with Crippen LogP contribution < -0.4 is 9.47 Å². The molecule has 0 spiro atoms. The van der Waals surface area contributed by atoms with E-state index in [1.54, 1.807) is 14.2 Å². The molecule has 0 aliphatic carbocycles. The molecule has 1 atom stereocenters. The molecule has 2 rings (SSSR count). The molecule has 1 aromatic rings. The zero-order valence-corrected chi connectivity index (χ0v) is 11.8. The van der Waals surface area contributed by atoms with Gasteiger partial charge in [-0.1, -0.05) is 6.07 Å². The van der Waals surface area contributed by atoms with Crippen molar-refractivity contribution in [3.05, 3.63) is 23.8 Å². The van der Waals surface area contributed by atoms with E-state index in [4.69, 9.17) is 9.47 Å². The van der Waals surface area contributed by atoms with E-state index >= 15 is 0 Å². The van der Waals surface area contributed by atoms with Crippen LogP contribution in [-0.2, 0) is 0 Å². The van der Waals surface area contributed by atoms with Crippen LogP contribution in [0.15, 0.2) is 18.2 Å². The van der Waals surface area contributed by atoms with E-state index in [0.717, 1.165) is 18.0 Å². The Kier molecular flexibility index (Phi) is 4.12. The summed E-state index contributed by atoms with van der Waals surface area (Å²) in [7, 11) is 3.46. The zero-order chi connectivity index (χ0) is 13.1. The maximum atomic E-state index is 5.52. The van der Waals surface area contributed by atoms with Crippen LogP contribution in [0.2, 0.25) is 0 Å². The van der Waals surface area contributed by atoms with Crippen LogP contribution in [0.4, 0.5) is 0 Å². The highest BCUT2D eigenvalue weighted by atomic mass is 16.5. The monoisotopic (exact) mass is 249 g/mol. The number of methoxy groups -OCH3 is 2. The first-order valence-corrected chi connectivity index (χ1v) is 6.65. The Balaban J connectivity index is 2.42. The predicted octanol–water partition coefficient (Wildman–Crippen LogP) is 3.25. The quantitative estimate of drug-likeness (QED) is 0.817. The van der Waals surface area contributed by atoms with E-state index in [1.807, 2.05) is 18.2 Å². The molecule has 0 radical (unpaired) electrons. The van der Waals surface area contributed by atoms with Crippen molar-refractivity contribution in [2.24, 2.45) is 0 Å². The maximum Gasteiger partial charge on any atom is 0.127 e. The van der Waals surface area contributed by atoms with Crippen molar-refractivity contribution in [2.75, 3.05) is 20.8 Å². The van der Waals surface area contributed by atoms with E-state index in [0.29, 0.717) is 12.1 Å². The third kappa shape index (κ3) is 2.32. The Labute approximate surface area is 110 Å². The van der Waals surface area contributed by atoms with Crippen LogP contribution in [-0.4, -0.2) is 31.7 Å². The van der Waals surface area contributed by atoms with E-state index in [9.17, 15) is 0 Å². The van der Waals surface area contributed by atoms with Crippen LogP contribution >= 0.6 is 0 Å². The number of benzene rings is 1. The number of hydrogen-bond donors (Lipinski definition) is 0. The van der Waals surface area contributed by atoms with Crippen LogP contribution in [0.5, 0.6) is 11.5 Å². The largest absolute Gasteiger partial charge is 0.496 e. The number of hydrogen-bond acceptors (Lipinski definition) is 3. The SMILES string of the molecule is COc1cccc(OC)c1[C@@H]1CCCN1C(C)C. The van der Waals surface area contributed by atoms with Gasteiger partial charge in [0.2, 0.25) is 0 Å². The van der Waals surface area contributed by atoms with Gasteiger partial charge >= 0.3 is 0 Å². The molecule has 1 aromatic carbocycles. The average molecular weight is 249 g/mol. The Morgan fingerprint density at radius 1 is 1.17 bits per heavy atom. The van der Waals surface area contributed by atoms with Gasteiger partial charge in [-0.05, 0) is 45.4 Å². The molecular formula is C15H23NO2. The second-order valence-corrected chi connectivity index (χ2v) is 5.07. The third-order valence-electron chi connectivity index (χ3n) is 3.76. The second kappa shape index (κ2) is 5.61. The fourth-order valence-corrected chi connectivity index (χ4v) is 2.93. The van der Waals surface area contributed by atoms with Crippen LogP contribution in [0.1, 0.15) is 38.3 Å². The summed E-state index contributed by atoms with van der Waals surface area (Å²) in [5.74, 6) is 1.87. The molecular weight excluding hydrogens is 226 g/mol. The first-order chi connectivity index (χ1) is 8.69. The molecule has 1 fully saturated rings. The topological polar surface area (TPSA) is 21.7 Å². The van der Waals surface area contributed by atoms with Crippen LogP contribution in [0.3, 0.4) is 0 Å². The van der Waals surface area contributed by atoms with Gasteiger partial charge in [-0.2, -0.15) is 0 Å². The summed E-state index contributed by atoms with van der Waals surface area (Å²) in [5, 5.41) is 0. The van der Waals surface area contributed by atoms with Crippen molar-refractivity contribution in [2.45, 2.75) is 38.8 Å². The molecule has 3 nitrogen and oxygen atoms in total. The lowest BCUT2D eigenvalue weighted by Gasteiger charge is -2.30. The van der Waals surface area contributed by atoms with Gasteiger partial charge in [0.05, 0.1) is 19.8 Å². The van der Waals surface area contributed by atoms with Gasteiger partial charge < -0.3 is 9.47 Å². The summed E-state index contributed by atoms with van der Waals surface area (Å²) in [6.07, 6.45) is 2.42. The Hall–Kier alpha value is -1.22. The predicted molar refractivity (Wildman–Crippen MR) is 73.4 cm³/mol. The first-order valence-electron chi connectivity index (χ1n) is 6.65. The molecule has 100 valence electrons. The summed E-state index contributed by atoms with van der Waals surface area (Å²) in [6.45, 7) is 5.66. The average Bonchev–Trinajstić information content (AvgIpc) is 2.86. The number of likely N-dealkylation sites (tertiary alicyclic amines) is 1. The smallest absolute Gasteiger partial charge is 0.127 e. The highest BCUT2D eigenvalue weighted by Gasteiger charge is 2.32. The number of nitrogens with zero attached hydrogens (tertiary/aromatic N) is 1. The van der Waals surface area contributed by atoms with E-state index in [1.165, 1.54) is 18.4 Å². The second-order valence-electron chi connectivity index (χ2n) is 5.07. The molecule has 0 saturated carbocycles. The minimum absolute atomic E-state index is 0.413. The van der Waals surface area contributed by atoms with E-state index in [2.05, 4.69) is 18.7 Å². The van der Waals surface area contributed by atoms with Crippen LogP contribution in [0.25, 0.3) is 0 Å². The van der Waals surface area contributed by atoms with Gasteiger partial charge in [0.1, 0.15) is 11.5 Å². The lowest BCUT2D eigenvalue weighted by Crippen LogP contribution is -2.30. The molecule has 1 heterocycles. The molecule has 3 heteroatoms. The van der Waals surface area contributed by atoms with Crippen molar-refractivity contribution in [3.8, 4) is 11.5 Å². The van der Waals surface area contributed by atoms with Gasteiger partial charge in [-0.25, -0.2) is 0 Å². The van der Waals surface area contributed by atoms with Crippen molar-refractivity contribution in [1.29, 1.82) is 0 Å². The standard InChI is InChI=1S/C15H23NO2/c1-11(2)16-10-6-7-12(16)15-13(17-3)8-5-9-14(15)18-4/h5,8-9,11-12H,6-7,10H2,1-4H3/t12-/m0/s1. The fraction of sp³-hybridized carbons (Fsp3) is 0.600. The van der Waals surface area contributed by atoms with Crippen molar-refractivity contribution < 1.29 is 9.47 Å². The minimum Gasteiger partial charge on any atom is -0.496 e. The highest BCUT2D eigenvalue weighted by Crippen LogP contribution is 2.42. The Bertz CT molecular complexity index is 381. The van der Waals surface area contributed by atoms with Crippen molar-refractivity contribution in [3.63, 3.8) is 0 Å². The fourth-order valence-electron chi connectivity index (χ4n) is 2.93. The van der Waals surface area contributed by atoms with Crippen molar-refractivity contribution >= 4 is 0 Å². The van der Waals surface area contributed by atoms with E-state index < -0.39 is 0 Å². The summed E-state index contributed by atoms with van der Waals surface area (Å²) in [5.41, 5.74) is 1.20. The molecule has 0 N–H and O–H groups in total. The lowest BCUT2D eigenvalue weighted by atomic mass is 10.0. The van der Waals surface area contributed by atoms with Crippen LogP contribution in [0, 0.1) is 0 Å². The zero-order valence-electron chi connectivity index (χ0n) is 11.8. The number of rotatable bonds is 4. The maximum absolute atomic E-state index is 5.52. The molecule has 0 unspecified atom stereocenters. The van der Waals surface area contributed by atoms with E-state index in [-0.39, 0.29) is 0 Å². The third-order valence-corrected chi connectivity index (χ3v) is 3.76. The van der Waals surface area contributed by atoms with Gasteiger partial charge in [-0.15, -0.1) is 0 Å². The summed E-state index contributed by atoms with van der Waals surface area (Å²) >= 11 is 0. The molecule has 18 heavy (non-hydrogen) atoms.